The second kappa shape index (κ2) is 8.89. The Morgan fingerprint density at radius 1 is 0.968 bits per heavy atom. The number of nitrogens with zero attached hydrogens (tertiary/aromatic N) is 2. The standard InChI is InChI=1S/C23H18ClN3O4/c1-29-19-12-7-14(13-20(19)30-2)21-26-23(31-27-21)18-6-4-3-5-17(18)22(28)25-16-10-8-15(24)9-11-16/h3-13H,1-2H3,(H,25,28). The van der Waals surface area contributed by atoms with Gasteiger partial charge in [0, 0.05) is 16.3 Å². The second-order valence-corrected chi connectivity index (χ2v) is 6.94. The molecule has 0 aliphatic heterocycles. The van der Waals surface area contributed by atoms with Crippen molar-refractivity contribution in [1.82, 2.24) is 10.1 Å². The van der Waals surface area contributed by atoms with Crippen molar-refractivity contribution < 1.29 is 18.8 Å². The van der Waals surface area contributed by atoms with E-state index in [1.807, 2.05) is 0 Å². The lowest BCUT2D eigenvalue weighted by Crippen LogP contribution is -2.13. The maximum absolute atomic E-state index is 12.9. The smallest absolute Gasteiger partial charge is 0.259 e. The molecule has 7 nitrogen and oxygen atoms in total. The summed E-state index contributed by atoms with van der Waals surface area (Å²) in [6.45, 7) is 0. The molecule has 1 amide bonds. The van der Waals surface area contributed by atoms with Crippen LogP contribution in [0.3, 0.4) is 0 Å². The number of ether oxygens (including phenoxy) is 2. The predicted molar refractivity (Wildman–Crippen MR) is 118 cm³/mol. The van der Waals surface area contributed by atoms with E-state index in [0.717, 1.165) is 0 Å². The SMILES string of the molecule is COc1ccc(-c2noc(-c3ccccc3C(=O)Nc3ccc(Cl)cc3)n2)cc1OC. The Morgan fingerprint density at radius 3 is 2.45 bits per heavy atom. The van der Waals surface area contributed by atoms with Gasteiger partial charge in [0.25, 0.3) is 11.8 Å². The second-order valence-electron chi connectivity index (χ2n) is 6.50. The number of methoxy groups -OCH3 is 2. The Balaban J connectivity index is 1.64. The van der Waals surface area contributed by atoms with Crippen molar-refractivity contribution in [3.05, 3.63) is 77.3 Å². The van der Waals surface area contributed by atoms with Crippen LogP contribution in [-0.4, -0.2) is 30.3 Å². The molecule has 0 fully saturated rings. The number of rotatable bonds is 6. The molecule has 156 valence electrons. The van der Waals surface area contributed by atoms with Gasteiger partial charge >= 0.3 is 0 Å². The molecule has 0 aliphatic carbocycles. The van der Waals surface area contributed by atoms with Gasteiger partial charge in [0.2, 0.25) is 5.82 Å². The molecule has 0 spiro atoms. The van der Waals surface area contributed by atoms with E-state index in [9.17, 15) is 4.79 Å². The highest BCUT2D eigenvalue weighted by molar-refractivity contribution is 6.30. The average molecular weight is 436 g/mol. The minimum atomic E-state index is -0.302. The van der Waals surface area contributed by atoms with E-state index in [-0.39, 0.29) is 11.8 Å². The van der Waals surface area contributed by atoms with Gasteiger partial charge < -0.3 is 19.3 Å². The summed E-state index contributed by atoms with van der Waals surface area (Å²) in [7, 11) is 3.12. The third-order valence-electron chi connectivity index (χ3n) is 4.57. The monoisotopic (exact) mass is 435 g/mol. The number of carbonyl (C=O) groups excluding carboxylic acids is 1. The highest BCUT2D eigenvalue weighted by Gasteiger charge is 2.19. The van der Waals surface area contributed by atoms with E-state index in [1.54, 1.807) is 80.9 Å². The maximum Gasteiger partial charge on any atom is 0.259 e. The van der Waals surface area contributed by atoms with Gasteiger partial charge in [-0.1, -0.05) is 28.9 Å². The van der Waals surface area contributed by atoms with E-state index in [1.165, 1.54) is 0 Å². The van der Waals surface area contributed by atoms with Gasteiger partial charge in [-0.2, -0.15) is 4.98 Å². The number of aromatic nitrogens is 2. The van der Waals surface area contributed by atoms with Crippen LogP contribution in [0.5, 0.6) is 11.5 Å². The average Bonchev–Trinajstić information content (AvgIpc) is 3.30. The van der Waals surface area contributed by atoms with Crippen LogP contribution in [0.1, 0.15) is 10.4 Å². The molecule has 8 heteroatoms. The minimum Gasteiger partial charge on any atom is -0.493 e. The van der Waals surface area contributed by atoms with Crippen molar-refractivity contribution in [3.63, 3.8) is 0 Å². The number of hydrogen-bond acceptors (Lipinski definition) is 6. The molecule has 1 heterocycles. The fourth-order valence-electron chi connectivity index (χ4n) is 3.02. The normalized spacial score (nSPS) is 10.5. The van der Waals surface area contributed by atoms with Crippen LogP contribution < -0.4 is 14.8 Å². The van der Waals surface area contributed by atoms with Crippen LogP contribution >= 0.6 is 11.6 Å². The fourth-order valence-corrected chi connectivity index (χ4v) is 3.15. The number of halogens is 1. The van der Waals surface area contributed by atoms with Gasteiger partial charge in [-0.3, -0.25) is 4.79 Å². The van der Waals surface area contributed by atoms with Gasteiger partial charge in [0.05, 0.1) is 25.3 Å². The molecule has 0 saturated carbocycles. The number of benzene rings is 3. The first-order valence-electron chi connectivity index (χ1n) is 9.31. The summed E-state index contributed by atoms with van der Waals surface area (Å²) >= 11 is 5.90. The van der Waals surface area contributed by atoms with Crippen molar-refractivity contribution in [2.45, 2.75) is 0 Å². The summed E-state index contributed by atoms with van der Waals surface area (Å²) in [6, 6.07) is 19.2. The molecule has 4 rings (SSSR count). The molecule has 0 radical (unpaired) electrons. The largest absolute Gasteiger partial charge is 0.493 e. The van der Waals surface area contributed by atoms with Crippen LogP contribution in [0.2, 0.25) is 5.02 Å². The molecule has 0 saturated heterocycles. The number of carbonyl (C=O) groups is 1. The topological polar surface area (TPSA) is 86.5 Å². The lowest BCUT2D eigenvalue weighted by Gasteiger charge is -2.08. The molecule has 0 aliphatic rings. The summed E-state index contributed by atoms with van der Waals surface area (Å²) in [4.78, 5) is 17.3. The van der Waals surface area contributed by atoms with Gasteiger partial charge in [-0.25, -0.2) is 0 Å². The quantitative estimate of drug-likeness (QED) is 0.440. The zero-order valence-electron chi connectivity index (χ0n) is 16.8. The summed E-state index contributed by atoms with van der Waals surface area (Å²) < 4.78 is 16.1. The highest BCUT2D eigenvalue weighted by Crippen LogP contribution is 2.32. The molecule has 0 unspecified atom stereocenters. The molecular weight excluding hydrogens is 418 g/mol. The Morgan fingerprint density at radius 2 is 1.71 bits per heavy atom. The Hall–Kier alpha value is -3.84. The third kappa shape index (κ3) is 4.36. The molecule has 31 heavy (non-hydrogen) atoms. The van der Waals surface area contributed by atoms with Crippen LogP contribution in [0, 0.1) is 0 Å². The van der Waals surface area contributed by atoms with Gasteiger partial charge in [0.1, 0.15) is 0 Å². The molecule has 1 N–H and O–H groups in total. The van der Waals surface area contributed by atoms with Crippen LogP contribution in [0.4, 0.5) is 5.69 Å². The van der Waals surface area contributed by atoms with Crippen LogP contribution in [0.25, 0.3) is 22.8 Å². The number of nitrogens with one attached hydrogen (secondary N) is 1. The summed E-state index contributed by atoms with van der Waals surface area (Å²) in [5, 5.41) is 7.49. The molecule has 0 bridgehead atoms. The van der Waals surface area contributed by atoms with Crippen LogP contribution in [-0.2, 0) is 0 Å². The zero-order valence-corrected chi connectivity index (χ0v) is 17.5. The van der Waals surface area contributed by atoms with E-state index < -0.39 is 0 Å². The molecular formula is C23H18ClN3O4. The fraction of sp³-hybridized carbons (Fsp3) is 0.0870. The number of amides is 1. The van der Waals surface area contributed by atoms with Crippen molar-refractivity contribution >= 4 is 23.2 Å². The molecule has 3 aromatic carbocycles. The van der Waals surface area contributed by atoms with Gasteiger partial charge in [-0.15, -0.1) is 0 Å². The summed E-state index contributed by atoms with van der Waals surface area (Å²) in [6.07, 6.45) is 0. The van der Waals surface area contributed by atoms with Crippen LogP contribution in [0.15, 0.2) is 71.3 Å². The van der Waals surface area contributed by atoms with Gasteiger partial charge in [0.15, 0.2) is 11.5 Å². The zero-order chi connectivity index (χ0) is 21.8. The Kier molecular flexibility index (Phi) is 5.86. The summed E-state index contributed by atoms with van der Waals surface area (Å²) in [5.41, 5.74) is 2.24. The maximum atomic E-state index is 12.9. The minimum absolute atomic E-state index is 0.228. The first-order chi connectivity index (χ1) is 15.1. The van der Waals surface area contributed by atoms with Crippen molar-refractivity contribution in [2.24, 2.45) is 0 Å². The summed E-state index contributed by atoms with van der Waals surface area (Å²) in [5.74, 6) is 1.44. The van der Waals surface area contributed by atoms with E-state index in [4.69, 9.17) is 25.6 Å². The lowest BCUT2D eigenvalue weighted by molar-refractivity contribution is 0.102. The van der Waals surface area contributed by atoms with Crippen molar-refractivity contribution in [2.75, 3.05) is 19.5 Å². The molecule has 0 atom stereocenters. The van der Waals surface area contributed by atoms with Crippen molar-refractivity contribution in [3.8, 4) is 34.3 Å². The predicted octanol–water partition coefficient (Wildman–Crippen LogP) is 5.33. The third-order valence-corrected chi connectivity index (χ3v) is 4.82. The molecule has 4 aromatic rings. The lowest BCUT2D eigenvalue weighted by atomic mass is 10.1. The Labute approximate surface area is 183 Å². The van der Waals surface area contributed by atoms with Gasteiger partial charge in [-0.05, 0) is 54.6 Å². The number of anilines is 1. The first-order valence-corrected chi connectivity index (χ1v) is 9.69. The van der Waals surface area contributed by atoms with Crippen molar-refractivity contribution in [1.29, 1.82) is 0 Å². The Bertz CT molecular complexity index is 1220. The molecule has 1 aromatic heterocycles. The van der Waals surface area contributed by atoms with E-state index >= 15 is 0 Å². The highest BCUT2D eigenvalue weighted by atomic mass is 35.5. The first kappa shape index (κ1) is 20.4. The number of hydrogen-bond donors (Lipinski definition) is 1. The van der Waals surface area contributed by atoms with E-state index in [0.29, 0.717) is 44.7 Å². The van der Waals surface area contributed by atoms with E-state index in [2.05, 4.69) is 15.5 Å².